The number of anilines is 1. The van der Waals surface area contributed by atoms with Crippen LogP contribution in [0.25, 0.3) is 0 Å². The third-order valence-electron chi connectivity index (χ3n) is 3.00. The second kappa shape index (κ2) is 7.03. The summed E-state index contributed by atoms with van der Waals surface area (Å²) >= 11 is 5.97. The molecule has 4 N–H and O–H groups in total. The summed E-state index contributed by atoms with van der Waals surface area (Å²) in [7, 11) is -4.13. The van der Waals surface area contributed by atoms with E-state index in [0.717, 1.165) is 0 Å². The summed E-state index contributed by atoms with van der Waals surface area (Å²) in [5, 5.41) is 10.7. The zero-order valence-electron chi connectivity index (χ0n) is 12.3. The third kappa shape index (κ3) is 4.04. The van der Waals surface area contributed by atoms with Gasteiger partial charge in [-0.05, 0) is 31.2 Å². The van der Waals surface area contributed by atoms with Gasteiger partial charge in [0.2, 0.25) is 10.0 Å². The molecule has 0 unspecified atom stereocenters. The Bertz CT molecular complexity index is 804. The molecule has 0 spiro atoms. The predicted molar refractivity (Wildman–Crippen MR) is 86.9 cm³/mol. The summed E-state index contributed by atoms with van der Waals surface area (Å²) in [5.74, 6) is 0.128. The van der Waals surface area contributed by atoms with Crippen LogP contribution in [0.2, 0.25) is 5.02 Å². The van der Waals surface area contributed by atoms with E-state index >= 15 is 0 Å². The second-order valence-electron chi connectivity index (χ2n) is 4.64. The third-order valence-corrected chi connectivity index (χ3v) is 4.42. The zero-order chi connectivity index (χ0) is 17.0. The van der Waals surface area contributed by atoms with E-state index in [2.05, 4.69) is 10.6 Å². The van der Waals surface area contributed by atoms with Crippen LogP contribution >= 0.6 is 11.6 Å². The molecule has 9 heteroatoms. The average Bonchev–Trinajstić information content (AvgIpc) is 2.97. The highest BCUT2D eigenvalue weighted by atomic mass is 35.5. The maximum absolute atomic E-state index is 12.2. The predicted octanol–water partition coefficient (Wildman–Crippen LogP) is 1.94. The largest absolute Gasteiger partial charge is 0.467 e. The molecule has 0 aliphatic carbocycles. The van der Waals surface area contributed by atoms with Gasteiger partial charge in [0.15, 0.2) is 0 Å². The standard InChI is InChI=1S/C14H16ClN3O4S/c1-2-17-14(19)10-5-6-11(15)13(23(16,20)21)12(10)18-8-9-4-3-7-22-9/h3-7,18H,2,8H2,1H3,(H,17,19)(H2,16,20,21). The average molecular weight is 358 g/mol. The van der Waals surface area contributed by atoms with Gasteiger partial charge in [-0.2, -0.15) is 0 Å². The second-order valence-corrected chi connectivity index (χ2v) is 6.54. The minimum absolute atomic E-state index is 0.0438. The fourth-order valence-electron chi connectivity index (χ4n) is 2.04. The molecule has 1 heterocycles. The number of amides is 1. The molecule has 0 bridgehead atoms. The van der Waals surface area contributed by atoms with Gasteiger partial charge in [0.05, 0.1) is 29.1 Å². The maximum Gasteiger partial charge on any atom is 0.253 e. The highest BCUT2D eigenvalue weighted by molar-refractivity contribution is 7.89. The normalized spacial score (nSPS) is 11.3. The number of furan rings is 1. The molecule has 0 fully saturated rings. The summed E-state index contributed by atoms with van der Waals surface area (Å²) in [6, 6.07) is 6.16. The fraction of sp³-hybridized carbons (Fsp3) is 0.214. The smallest absolute Gasteiger partial charge is 0.253 e. The van der Waals surface area contributed by atoms with E-state index in [1.165, 1.54) is 18.4 Å². The van der Waals surface area contributed by atoms with Gasteiger partial charge in [-0.3, -0.25) is 4.79 Å². The SMILES string of the molecule is CCNC(=O)c1ccc(Cl)c(S(N)(=O)=O)c1NCc1ccco1. The van der Waals surface area contributed by atoms with Crippen molar-refractivity contribution in [2.45, 2.75) is 18.4 Å². The Labute approximate surface area is 138 Å². The minimum Gasteiger partial charge on any atom is -0.467 e. The van der Waals surface area contributed by atoms with Gasteiger partial charge in [-0.1, -0.05) is 11.6 Å². The van der Waals surface area contributed by atoms with Crippen molar-refractivity contribution in [2.75, 3.05) is 11.9 Å². The number of halogens is 1. The topological polar surface area (TPSA) is 114 Å². The molecule has 0 aliphatic rings. The summed E-state index contributed by atoms with van der Waals surface area (Å²) in [5.41, 5.74) is 0.175. The molecule has 2 aromatic rings. The van der Waals surface area contributed by atoms with Crippen molar-refractivity contribution < 1.29 is 17.6 Å². The van der Waals surface area contributed by atoms with E-state index < -0.39 is 15.9 Å². The van der Waals surface area contributed by atoms with Crippen molar-refractivity contribution in [3.63, 3.8) is 0 Å². The van der Waals surface area contributed by atoms with Crippen molar-refractivity contribution in [1.29, 1.82) is 0 Å². The molecule has 0 saturated heterocycles. The molecule has 1 amide bonds. The lowest BCUT2D eigenvalue weighted by molar-refractivity contribution is 0.0956. The molecule has 0 radical (unpaired) electrons. The van der Waals surface area contributed by atoms with E-state index in [4.69, 9.17) is 21.2 Å². The number of nitrogens with one attached hydrogen (secondary N) is 2. The Balaban J connectivity index is 2.52. The number of rotatable bonds is 6. The van der Waals surface area contributed by atoms with Crippen LogP contribution < -0.4 is 15.8 Å². The number of sulfonamides is 1. The van der Waals surface area contributed by atoms with Crippen molar-refractivity contribution in [3.8, 4) is 0 Å². The first-order valence-electron chi connectivity index (χ1n) is 6.74. The zero-order valence-corrected chi connectivity index (χ0v) is 13.9. The first-order valence-corrected chi connectivity index (χ1v) is 8.66. The van der Waals surface area contributed by atoms with E-state index in [0.29, 0.717) is 12.3 Å². The molecule has 7 nitrogen and oxygen atoms in total. The number of carbonyl (C=O) groups is 1. The molecule has 1 aromatic heterocycles. The van der Waals surface area contributed by atoms with Crippen LogP contribution in [0, 0.1) is 0 Å². The minimum atomic E-state index is -4.13. The molecule has 0 saturated carbocycles. The molecule has 23 heavy (non-hydrogen) atoms. The Morgan fingerprint density at radius 1 is 1.35 bits per heavy atom. The molecule has 1 aromatic carbocycles. The van der Waals surface area contributed by atoms with Crippen molar-refractivity contribution in [1.82, 2.24) is 5.32 Å². The molecule has 124 valence electrons. The lowest BCUT2D eigenvalue weighted by Gasteiger charge is -2.16. The van der Waals surface area contributed by atoms with Gasteiger partial charge < -0.3 is 15.1 Å². The molecule has 0 atom stereocenters. The number of benzene rings is 1. The first-order chi connectivity index (χ1) is 10.8. The molecular weight excluding hydrogens is 342 g/mol. The quantitative estimate of drug-likeness (QED) is 0.730. The Hall–Kier alpha value is -2.03. The summed E-state index contributed by atoms with van der Waals surface area (Å²) in [6.07, 6.45) is 1.49. The maximum atomic E-state index is 12.2. The Kier molecular flexibility index (Phi) is 5.30. The van der Waals surface area contributed by atoms with Gasteiger partial charge >= 0.3 is 0 Å². The number of hydrogen-bond donors (Lipinski definition) is 3. The van der Waals surface area contributed by atoms with Crippen LogP contribution in [-0.2, 0) is 16.6 Å². The number of hydrogen-bond acceptors (Lipinski definition) is 5. The lowest BCUT2D eigenvalue weighted by Crippen LogP contribution is -2.25. The van der Waals surface area contributed by atoms with Crippen LogP contribution in [-0.4, -0.2) is 20.9 Å². The van der Waals surface area contributed by atoms with Gasteiger partial charge in [-0.15, -0.1) is 0 Å². The van der Waals surface area contributed by atoms with Crippen molar-refractivity contribution in [2.24, 2.45) is 5.14 Å². The lowest BCUT2D eigenvalue weighted by atomic mass is 10.1. The summed E-state index contributed by atoms with van der Waals surface area (Å²) in [4.78, 5) is 11.8. The van der Waals surface area contributed by atoms with E-state index in [1.807, 2.05) is 0 Å². The number of primary sulfonamides is 1. The molecule has 0 aliphatic heterocycles. The molecule has 2 rings (SSSR count). The van der Waals surface area contributed by atoms with Crippen LogP contribution in [0.4, 0.5) is 5.69 Å². The summed E-state index contributed by atoms with van der Waals surface area (Å²) < 4.78 is 28.9. The Morgan fingerprint density at radius 3 is 2.65 bits per heavy atom. The van der Waals surface area contributed by atoms with Crippen LogP contribution in [0.5, 0.6) is 0 Å². The van der Waals surface area contributed by atoms with E-state index in [9.17, 15) is 13.2 Å². The molecular formula is C14H16ClN3O4S. The van der Waals surface area contributed by atoms with Gasteiger partial charge in [0.1, 0.15) is 10.7 Å². The Morgan fingerprint density at radius 2 is 2.09 bits per heavy atom. The fourth-order valence-corrected chi connectivity index (χ4v) is 3.33. The number of nitrogens with two attached hydrogens (primary N) is 1. The van der Waals surface area contributed by atoms with Crippen molar-refractivity contribution in [3.05, 3.63) is 46.9 Å². The summed E-state index contributed by atoms with van der Waals surface area (Å²) in [6.45, 7) is 2.32. The van der Waals surface area contributed by atoms with Gasteiger partial charge in [0, 0.05) is 6.54 Å². The van der Waals surface area contributed by atoms with E-state index in [-0.39, 0.29) is 27.7 Å². The van der Waals surface area contributed by atoms with Crippen LogP contribution in [0.1, 0.15) is 23.0 Å². The van der Waals surface area contributed by atoms with Crippen molar-refractivity contribution >= 4 is 33.2 Å². The van der Waals surface area contributed by atoms with Gasteiger partial charge in [0.25, 0.3) is 5.91 Å². The van der Waals surface area contributed by atoms with E-state index in [1.54, 1.807) is 19.1 Å². The number of carbonyl (C=O) groups excluding carboxylic acids is 1. The monoisotopic (exact) mass is 357 g/mol. The van der Waals surface area contributed by atoms with Crippen LogP contribution in [0.15, 0.2) is 39.8 Å². The van der Waals surface area contributed by atoms with Crippen LogP contribution in [0.3, 0.4) is 0 Å². The highest BCUT2D eigenvalue weighted by Gasteiger charge is 2.24. The van der Waals surface area contributed by atoms with Gasteiger partial charge in [-0.25, -0.2) is 13.6 Å². The first kappa shape index (κ1) is 17.3. The highest BCUT2D eigenvalue weighted by Crippen LogP contribution is 2.32.